The second-order valence-corrected chi connectivity index (χ2v) is 6.20. The van der Waals surface area contributed by atoms with Crippen LogP contribution in [0.4, 0.5) is 4.79 Å². The highest BCUT2D eigenvalue weighted by atomic mass is 32.2. The predicted octanol–water partition coefficient (Wildman–Crippen LogP) is 1.51. The zero-order valence-electron chi connectivity index (χ0n) is 15.1. The third kappa shape index (κ3) is 6.33. The molecule has 0 aliphatic rings. The minimum absolute atomic E-state index is 0.0345. The number of nitrogens with zero attached hydrogens (tertiary/aromatic N) is 3. The lowest BCUT2D eigenvalue weighted by molar-refractivity contribution is -0.117. The van der Waals surface area contributed by atoms with Gasteiger partial charge >= 0.3 is 6.03 Å². The fourth-order valence-electron chi connectivity index (χ4n) is 1.92. The van der Waals surface area contributed by atoms with Crippen molar-refractivity contribution in [1.82, 2.24) is 25.4 Å². The molecule has 0 aliphatic heterocycles. The van der Waals surface area contributed by atoms with E-state index < -0.39 is 11.9 Å². The Balaban J connectivity index is 1.82. The van der Waals surface area contributed by atoms with E-state index >= 15 is 0 Å². The smallest absolute Gasteiger partial charge is 0.321 e. The molecule has 0 radical (unpaired) electrons. The molecule has 10 heteroatoms. The number of methoxy groups -OCH3 is 1. The fourth-order valence-corrected chi connectivity index (χ4v) is 2.65. The van der Waals surface area contributed by atoms with Gasteiger partial charge in [-0.05, 0) is 24.3 Å². The Kier molecular flexibility index (Phi) is 7.68. The summed E-state index contributed by atoms with van der Waals surface area (Å²) in [5.74, 6) is 1.64. The molecule has 144 valence electrons. The van der Waals surface area contributed by atoms with Gasteiger partial charge in [0.15, 0.2) is 11.0 Å². The van der Waals surface area contributed by atoms with Gasteiger partial charge in [0.1, 0.15) is 18.1 Å². The molecule has 1 aromatic carbocycles. The van der Waals surface area contributed by atoms with E-state index in [2.05, 4.69) is 27.4 Å². The number of urea groups is 1. The summed E-state index contributed by atoms with van der Waals surface area (Å²) in [4.78, 5) is 23.2. The Morgan fingerprint density at radius 1 is 1.26 bits per heavy atom. The Labute approximate surface area is 161 Å². The lowest BCUT2D eigenvalue weighted by atomic mass is 10.3. The highest BCUT2D eigenvalue weighted by Crippen LogP contribution is 2.19. The number of ether oxygens (including phenoxy) is 2. The van der Waals surface area contributed by atoms with E-state index in [9.17, 15) is 9.59 Å². The highest BCUT2D eigenvalue weighted by Gasteiger charge is 2.13. The van der Waals surface area contributed by atoms with Gasteiger partial charge in [0.05, 0.1) is 12.9 Å². The average molecular weight is 391 g/mol. The first kappa shape index (κ1) is 20.3. The number of thioether (sulfide) groups is 1. The van der Waals surface area contributed by atoms with Crippen molar-refractivity contribution in [3.8, 4) is 11.5 Å². The predicted molar refractivity (Wildman–Crippen MR) is 101 cm³/mol. The Morgan fingerprint density at radius 2 is 1.96 bits per heavy atom. The van der Waals surface area contributed by atoms with Crippen LogP contribution >= 0.6 is 11.8 Å². The maximum absolute atomic E-state index is 11.8. The molecule has 2 N–H and O–H groups in total. The Hall–Kier alpha value is -3.01. The first-order valence-electron chi connectivity index (χ1n) is 8.00. The lowest BCUT2D eigenvalue weighted by Gasteiger charge is -2.07. The summed E-state index contributed by atoms with van der Waals surface area (Å²) in [5, 5.41) is 13.3. The number of benzene rings is 1. The summed E-state index contributed by atoms with van der Waals surface area (Å²) in [7, 11) is 3.38. The Morgan fingerprint density at radius 3 is 2.63 bits per heavy atom. The van der Waals surface area contributed by atoms with Crippen molar-refractivity contribution in [3.63, 3.8) is 0 Å². The topological polar surface area (TPSA) is 107 Å². The number of carbonyl (C=O) groups excluding carboxylic acids is 2. The molecule has 1 heterocycles. The maximum atomic E-state index is 11.8. The van der Waals surface area contributed by atoms with E-state index in [1.54, 1.807) is 43.0 Å². The number of carbonyl (C=O) groups is 2. The minimum atomic E-state index is -0.563. The first-order chi connectivity index (χ1) is 13.0. The molecule has 3 amide bonds. The van der Waals surface area contributed by atoms with Crippen LogP contribution in [0.2, 0.25) is 0 Å². The molecule has 1 aromatic heterocycles. The van der Waals surface area contributed by atoms with Gasteiger partial charge in [0.25, 0.3) is 0 Å². The second-order valence-electron chi connectivity index (χ2n) is 5.26. The van der Waals surface area contributed by atoms with E-state index in [4.69, 9.17) is 9.47 Å². The molecule has 0 saturated heterocycles. The number of aromatic nitrogens is 3. The van der Waals surface area contributed by atoms with Crippen LogP contribution in [-0.4, -0.2) is 46.1 Å². The van der Waals surface area contributed by atoms with E-state index in [1.165, 1.54) is 17.8 Å². The average Bonchev–Trinajstić information content (AvgIpc) is 3.03. The Bertz CT molecular complexity index is 791. The van der Waals surface area contributed by atoms with Gasteiger partial charge in [0, 0.05) is 13.6 Å². The summed E-state index contributed by atoms with van der Waals surface area (Å²) in [5.41, 5.74) is 0. The van der Waals surface area contributed by atoms with Crippen molar-refractivity contribution in [2.24, 2.45) is 7.05 Å². The van der Waals surface area contributed by atoms with Crippen molar-refractivity contribution in [1.29, 1.82) is 0 Å². The van der Waals surface area contributed by atoms with E-state index in [1.807, 2.05) is 0 Å². The molecule has 9 nitrogen and oxygen atoms in total. The van der Waals surface area contributed by atoms with Crippen LogP contribution in [0.5, 0.6) is 11.5 Å². The van der Waals surface area contributed by atoms with E-state index in [0.29, 0.717) is 16.7 Å². The quantitative estimate of drug-likeness (QED) is 0.493. The van der Waals surface area contributed by atoms with E-state index in [-0.39, 0.29) is 18.9 Å². The number of imide groups is 1. The number of hydrogen-bond acceptors (Lipinski definition) is 7. The van der Waals surface area contributed by atoms with Crippen molar-refractivity contribution >= 4 is 23.7 Å². The lowest BCUT2D eigenvalue weighted by Crippen LogP contribution is -2.40. The van der Waals surface area contributed by atoms with Gasteiger partial charge in [0.2, 0.25) is 5.91 Å². The fraction of sp³-hybridized carbons (Fsp3) is 0.294. The second kappa shape index (κ2) is 10.2. The van der Waals surface area contributed by atoms with Crippen LogP contribution in [0.25, 0.3) is 0 Å². The van der Waals surface area contributed by atoms with Gasteiger partial charge in [-0.2, -0.15) is 0 Å². The molecule has 0 spiro atoms. The largest absolute Gasteiger partial charge is 0.497 e. The summed E-state index contributed by atoms with van der Waals surface area (Å²) in [6.07, 6.45) is 1.52. The molecule has 0 unspecified atom stereocenters. The molecule has 0 saturated carbocycles. The van der Waals surface area contributed by atoms with Crippen LogP contribution in [0.15, 0.2) is 42.1 Å². The van der Waals surface area contributed by atoms with Gasteiger partial charge in [-0.3, -0.25) is 10.1 Å². The zero-order chi connectivity index (χ0) is 19.6. The van der Waals surface area contributed by atoms with Crippen LogP contribution in [0.3, 0.4) is 0 Å². The molecular weight excluding hydrogens is 370 g/mol. The third-order valence-corrected chi connectivity index (χ3v) is 4.36. The highest BCUT2D eigenvalue weighted by molar-refractivity contribution is 7.99. The van der Waals surface area contributed by atoms with Crippen molar-refractivity contribution in [2.45, 2.75) is 11.8 Å². The molecule has 0 atom stereocenters. The van der Waals surface area contributed by atoms with Gasteiger partial charge in [-0.15, -0.1) is 16.8 Å². The van der Waals surface area contributed by atoms with Gasteiger partial charge < -0.3 is 19.4 Å². The van der Waals surface area contributed by atoms with Crippen LogP contribution in [0, 0.1) is 0 Å². The zero-order valence-corrected chi connectivity index (χ0v) is 15.9. The normalized spacial score (nSPS) is 10.1. The molecule has 2 aromatic rings. The van der Waals surface area contributed by atoms with Gasteiger partial charge in [-0.1, -0.05) is 17.8 Å². The van der Waals surface area contributed by atoms with Crippen LogP contribution < -0.4 is 20.1 Å². The molecule has 0 fully saturated rings. The maximum Gasteiger partial charge on any atom is 0.321 e. The van der Waals surface area contributed by atoms with Gasteiger partial charge in [-0.25, -0.2) is 4.79 Å². The SMILES string of the molecule is C=CCNC(=O)NC(=O)CSc1nnc(COc2ccc(OC)cc2)n1C. The number of amides is 3. The summed E-state index contributed by atoms with van der Waals surface area (Å²) in [6.45, 7) is 3.99. The summed E-state index contributed by atoms with van der Waals surface area (Å²) < 4.78 is 12.5. The first-order valence-corrected chi connectivity index (χ1v) is 8.98. The summed E-state index contributed by atoms with van der Waals surface area (Å²) in [6, 6.07) is 6.64. The molecule has 0 aliphatic carbocycles. The monoisotopic (exact) mass is 391 g/mol. The van der Waals surface area contributed by atoms with E-state index in [0.717, 1.165) is 5.75 Å². The standard InChI is InChI=1S/C17H21N5O4S/c1-4-9-18-16(24)19-15(23)11-27-17-21-20-14(22(17)2)10-26-13-7-5-12(25-3)6-8-13/h4-8H,1,9-11H2,2-3H3,(H2,18,19,23,24). The number of rotatable bonds is 9. The third-order valence-electron chi connectivity index (χ3n) is 3.34. The molecular formula is C17H21N5O4S. The van der Waals surface area contributed by atoms with Crippen LogP contribution in [-0.2, 0) is 18.4 Å². The summed E-state index contributed by atoms with van der Waals surface area (Å²) >= 11 is 1.17. The van der Waals surface area contributed by atoms with Crippen molar-refractivity contribution in [2.75, 3.05) is 19.4 Å². The molecule has 2 rings (SSSR count). The molecule has 27 heavy (non-hydrogen) atoms. The number of nitrogens with one attached hydrogen (secondary N) is 2. The minimum Gasteiger partial charge on any atom is -0.497 e. The van der Waals surface area contributed by atoms with Crippen molar-refractivity contribution in [3.05, 3.63) is 42.7 Å². The van der Waals surface area contributed by atoms with Crippen LogP contribution in [0.1, 0.15) is 5.82 Å². The molecule has 0 bridgehead atoms. The number of hydrogen-bond donors (Lipinski definition) is 2. The van der Waals surface area contributed by atoms with Crippen molar-refractivity contribution < 1.29 is 19.1 Å².